The van der Waals surface area contributed by atoms with Gasteiger partial charge in [-0.2, -0.15) is 9.59 Å². The minimum atomic E-state index is 0.250. The third-order valence-electron chi connectivity index (χ3n) is 2.98. The number of aromatic amines is 1. The second-order valence-corrected chi connectivity index (χ2v) is 5.54. The van der Waals surface area contributed by atoms with Crippen molar-refractivity contribution < 1.29 is 9.59 Å². The largest absolute Gasteiger partial charge is 0.373 e. The van der Waals surface area contributed by atoms with Crippen LogP contribution >= 0.6 is 15.9 Å². The van der Waals surface area contributed by atoms with Crippen molar-refractivity contribution in [2.24, 2.45) is 0 Å². The number of hydrogen-bond acceptors (Lipinski definition) is 3. The molecule has 3 rings (SSSR count). The number of nitrogens with zero attached hydrogens (tertiary/aromatic N) is 1. The highest BCUT2D eigenvalue weighted by Gasteiger charge is 2.02. The van der Waals surface area contributed by atoms with Crippen molar-refractivity contribution >= 4 is 33.1 Å². The van der Waals surface area contributed by atoms with E-state index in [0.29, 0.717) is 0 Å². The number of hydrogen-bond donors (Lipinski definition) is 1. The van der Waals surface area contributed by atoms with Crippen LogP contribution in [0.1, 0.15) is 16.8 Å². The van der Waals surface area contributed by atoms with Crippen molar-refractivity contribution in [2.75, 3.05) is 0 Å². The smallest absolute Gasteiger partial charge is 0.344 e. The van der Waals surface area contributed by atoms with Gasteiger partial charge >= 0.3 is 6.15 Å². The Hall–Kier alpha value is -2.23. The second-order valence-electron chi connectivity index (χ2n) is 4.62. The van der Waals surface area contributed by atoms with Crippen molar-refractivity contribution in [3.05, 3.63) is 63.9 Å². The zero-order chi connectivity index (χ0) is 15.2. The first-order chi connectivity index (χ1) is 10.1. The Balaban J connectivity index is 0.000000497. The van der Waals surface area contributed by atoms with Crippen LogP contribution in [0.5, 0.6) is 0 Å². The Morgan fingerprint density at radius 3 is 2.48 bits per heavy atom. The predicted octanol–water partition coefficient (Wildman–Crippen LogP) is 3.64. The van der Waals surface area contributed by atoms with Crippen molar-refractivity contribution in [2.45, 2.75) is 13.3 Å². The lowest BCUT2D eigenvalue weighted by Gasteiger charge is -2.02. The van der Waals surface area contributed by atoms with E-state index in [1.807, 2.05) is 6.20 Å². The molecule has 1 aromatic carbocycles. The third-order valence-corrected chi connectivity index (χ3v) is 3.51. The molecule has 0 fully saturated rings. The van der Waals surface area contributed by atoms with E-state index in [2.05, 4.69) is 69.2 Å². The number of pyridine rings is 1. The van der Waals surface area contributed by atoms with Gasteiger partial charge in [-0.3, -0.25) is 0 Å². The highest BCUT2D eigenvalue weighted by Crippen LogP contribution is 2.18. The third kappa shape index (κ3) is 4.12. The zero-order valence-electron chi connectivity index (χ0n) is 11.4. The van der Waals surface area contributed by atoms with Gasteiger partial charge < -0.3 is 4.98 Å². The van der Waals surface area contributed by atoms with Gasteiger partial charge in [0.05, 0.1) is 0 Å². The van der Waals surface area contributed by atoms with E-state index in [-0.39, 0.29) is 6.15 Å². The summed E-state index contributed by atoms with van der Waals surface area (Å²) in [4.78, 5) is 23.9. The average Bonchev–Trinajstić information content (AvgIpc) is 2.82. The minimum absolute atomic E-state index is 0.250. The van der Waals surface area contributed by atoms with Crippen LogP contribution in [-0.2, 0) is 16.0 Å². The number of benzene rings is 1. The van der Waals surface area contributed by atoms with Crippen LogP contribution in [0.15, 0.2) is 47.1 Å². The quantitative estimate of drug-likeness (QED) is 0.771. The van der Waals surface area contributed by atoms with E-state index < -0.39 is 0 Å². The predicted molar refractivity (Wildman–Crippen MR) is 82.8 cm³/mol. The molecule has 0 unspecified atom stereocenters. The Labute approximate surface area is 130 Å². The molecule has 0 bridgehead atoms. The lowest BCUT2D eigenvalue weighted by atomic mass is 10.1. The minimum Gasteiger partial charge on any atom is -0.344 e. The first kappa shape index (κ1) is 15.2. The molecule has 106 valence electrons. The number of H-pyrrole nitrogens is 1. The molecule has 0 aliphatic carbocycles. The topological polar surface area (TPSA) is 62.8 Å². The number of fused-ring (bicyclic) bond motifs is 1. The SMILES string of the molecule is Cc1cc2cc(Cc3ccc(Br)cc3)cnc2[nH]1.O=C=O. The first-order valence-electron chi connectivity index (χ1n) is 6.30. The number of carbonyl (C=O) groups excluding carboxylic acids is 2. The standard InChI is InChI=1S/C15H13BrN2.CO2/c1-10-6-13-8-12(9-17-15(13)18-10)7-11-2-4-14(16)5-3-11;2-1-3/h2-6,8-9H,7H2,1H3,(H,17,18);. The fraction of sp³-hybridized carbons (Fsp3) is 0.125. The lowest BCUT2D eigenvalue weighted by Crippen LogP contribution is -1.89. The van der Waals surface area contributed by atoms with Gasteiger partial charge in [0.1, 0.15) is 5.65 Å². The van der Waals surface area contributed by atoms with Crippen LogP contribution in [0.4, 0.5) is 0 Å². The van der Waals surface area contributed by atoms with Gasteiger partial charge in [-0.05, 0) is 48.7 Å². The van der Waals surface area contributed by atoms with Crippen LogP contribution < -0.4 is 0 Å². The maximum absolute atomic E-state index is 8.12. The lowest BCUT2D eigenvalue weighted by molar-refractivity contribution is -0.191. The van der Waals surface area contributed by atoms with Gasteiger partial charge in [-0.1, -0.05) is 28.1 Å². The molecule has 3 aromatic rings. The number of halogens is 1. The van der Waals surface area contributed by atoms with Crippen LogP contribution in [0.25, 0.3) is 11.0 Å². The maximum Gasteiger partial charge on any atom is 0.373 e. The second kappa shape index (κ2) is 6.97. The van der Waals surface area contributed by atoms with Crippen molar-refractivity contribution in [1.82, 2.24) is 9.97 Å². The van der Waals surface area contributed by atoms with E-state index in [0.717, 1.165) is 22.2 Å². The van der Waals surface area contributed by atoms with E-state index in [1.165, 1.54) is 16.5 Å². The van der Waals surface area contributed by atoms with E-state index >= 15 is 0 Å². The highest BCUT2D eigenvalue weighted by atomic mass is 79.9. The Kier molecular flexibility index (Phi) is 5.04. The molecular weight excluding hydrogens is 332 g/mol. The number of aromatic nitrogens is 2. The monoisotopic (exact) mass is 344 g/mol. The summed E-state index contributed by atoms with van der Waals surface area (Å²) in [6.07, 6.45) is 3.11. The Bertz CT molecular complexity index is 773. The average molecular weight is 345 g/mol. The van der Waals surface area contributed by atoms with Crippen LogP contribution in [0.3, 0.4) is 0 Å². The van der Waals surface area contributed by atoms with Crippen LogP contribution in [-0.4, -0.2) is 16.1 Å². The molecule has 0 radical (unpaired) electrons. The molecule has 0 saturated heterocycles. The molecule has 4 nitrogen and oxygen atoms in total. The summed E-state index contributed by atoms with van der Waals surface area (Å²) >= 11 is 3.45. The molecule has 0 atom stereocenters. The molecule has 0 aliphatic rings. The normalized spacial score (nSPS) is 9.81. The van der Waals surface area contributed by atoms with Gasteiger partial charge in [-0.15, -0.1) is 0 Å². The summed E-state index contributed by atoms with van der Waals surface area (Å²) in [5, 5.41) is 1.18. The van der Waals surface area contributed by atoms with E-state index in [4.69, 9.17) is 9.59 Å². The fourth-order valence-electron chi connectivity index (χ4n) is 2.13. The molecule has 2 aromatic heterocycles. The summed E-state index contributed by atoms with van der Waals surface area (Å²) < 4.78 is 1.11. The molecule has 0 saturated carbocycles. The summed E-state index contributed by atoms with van der Waals surface area (Å²) in [5.74, 6) is 0. The van der Waals surface area contributed by atoms with E-state index in [9.17, 15) is 0 Å². The molecule has 0 aliphatic heterocycles. The van der Waals surface area contributed by atoms with Gasteiger partial charge in [-0.25, -0.2) is 4.98 Å². The number of rotatable bonds is 2. The number of aryl methyl sites for hydroxylation is 1. The summed E-state index contributed by atoms with van der Waals surface area (Å²) in [5.41, 5.74) is 4.65. The van der Waals surface area contributed by atoms with Gasteiger partial charge in [0.25, 0.3) is 0 Å². The van der Waals surface area contributed by atoms with Crippen LogP contribution in [0.2, 0.25) is 0 Å². The van der Waals surface area contributed by atoms with Crippen LogP contribution in [0, 0.1) is 6.92 Å². The van der Waals surface area contributed by atoms with Crippen molar-refractivity contribution in [3.63, 3.8) is 0 Å². The first-order valence-corrected chi connectivity index (χ1v) is 7.09. The molecule has 1 N–H and O–H groups in total. The fourth-order valence-corrected chi connectivity index (χ4v) is 2.40. The molecule has 0 spiro atoms. The van der Waals surface area contributed by atoms with Gasteiger partial charge in [0.15, 0.2) is 0 Å². The molecule has 5 heteroatoms. The van der Waals surface area contributed by atoms with Gasteiger partial charge in [0, 0.05) is 21.7 Å². The van der Waals surface area contributed by atoms with Gasteiger partial charge in [0.2, 0.25) is 0 Å². The summed E-state index contributed by atoms with van der Waals surface area (Å²) in [7, 11) is 0. The zero-order valence-corrected chi connectivity index (χ0v) is 13.0. The summed E-state index contributed by atoms with van der Waals surface area (Å²) in [6, 6.07) is 12.7. The Morgan fingerprint density at radius 1 is 1.14 bits per heavy atom. The molecule has 2 heterocycles. The van der Waals surface area contributed by atoms with Crippen molar-refractivity contribution in [1.29, 1.82) is 0 Å². The highest BCUT2D eigenvalue weighted by molar-refractivity contribution is 9.10. The van der Waals surface area contributed by atoms with Crippen molar-refractivity contribution in [3.8, 4) is 0 Å². The molecule has 0 amide bonds. The summed E-state index contributed by atoms with van der Waals surface area (Å²) in [6.45, 7) is 2.05. The van der Waals surface area contributed by atoms with E-state index in [1.54, 1.807) is 0 Å². The number of nitrogens with one attached hydrogen (secondary N) is 1. The molecule has 21 heavy (non-hydrogen) atoms. The Morgan fingerprint density at radius 2 is 1.81 bits per heavy atom. The maximum atomic E-state index is 8.12. The molecular formula is C16H13BrN2O2.